The highest BCUT2D eigenvalue weighted by Crippen LogP contribution is 2.36. The van der Waals surface area contributed by atoms with Crippen molar-refractivity contribution in [2.45, 2.75) is 29.6 Å². The molecule has 0 bridgehead atoms. The molecule has 2 aromatic carbocycles. The van der Waals surface area contributed by atoms with Crippen LogP contribution in [0.1, 0.15) is 19.8 Å². The third-order valence-corrected chi connectivity index (χ3v) is 4.97. The summed E-state index contributed by atoms with van der Waals surface area (Å²) in [6.07, 6.45) is 0.171. The number of aromatic hydroxyl groups is 2. The van der Waals surface area contributed by atoms with Crippen molar-refractivity contribution in [2.75, 3.05) is 0 Å². The predicted octanol–water partition coefficient (Wildman–Crippen LogP) is 3.54. The summed E-state index contributed by atoms with van der Waals surface area (Å²) < 4.78 is 0. The Hall–Kier alpha value is -2.80. The number of phenolic OH excluding ortho intramolecular Hbond substituents is 2. The van der Waals surface area contributed by atoms with Gasteiger partial charge in [-0.15, -0.1) is 10.5 Å². The van der Waals surface area contributed by atoms with Crippen LogP contribution in [0.3, 0.4) is 0 Å². The van der Waals surface area contributed by atoms with Gasteiger partial charge in [0.15, 0.2) is 0 Å². The molecular formula is C18H20O6S. The molecule has 2 aromatic rings. The van der Waals surface area contributed by atoms with E-state index < -0.39 is 22.4 Å². The Morgan fingerprint density at radius 2 is 1.20 bits per heavy atom. The second-order valence-corrected chi connectivity index (χ2v) is 6.79. The number of phenols is 2. The van der Waals surface area contributed by atoms with E-state index in [1.165, 1.54) is 0 Å². The minimum Gasteiger partial charge on any atom is -0.508 e. The van der Waals surface area contributed by atoms with Crippen LogP contribution in [0.15, 0.2) is 58.3 Å². The quantitative estimate of drug-likeness (QED) is 0.603. The van der Waals surface area contributed by atoms with Crippen molar-refractivity contribution in [3.8, 4) is 11.5 Å². The lowest BCUT2D eigenvalue weighted by Crippen LogP contribution is -1.95. The predicted molar refractivity (Wildman–Crippen MR) is 96.6 cm³/mol. The number of aliphatic carboxylic acids is 2. The molecule has 0 aliphatic rings. The van der Waals surface area contributed by atoms with E-state index in [1.807, 2.05) is 0 Å². The molecule has 2 rings (SSSR count). The Kier molecular flexibility index (Phi) is 8.22. The van der Waals surface area contributed by atoms with E-state index in [-0.39, 0.29) is 24.3 Å². The van der Waals surface area contributed by atoms with Crippen molar-refractivity contribution in [1.82, 2.24) is 0 Å². The standard InChI is InChI=1S/C15H14O4S.C3H6O2/c16-11-1-5-13(6-2-11)20(10-9-15(18)19)14-7-3-12(17)4-8-14;1-2-3(4)5/h1-8,10,16-17H,9H2,(H,18,19);2H2,1H3,(H,4,5). The molecule has 134 valence electrons. The number of rotatable bonds is 5. The Bertz CT molecular complexity index is 688. The largest absolute Gasteiger partial charge is 0.508 e. The fourth-order valence-electron chi connectivity index (χ4n) is 1.67. The molecule has 0 aliphatic carbocycles. The smallest absolute Gasteiger partial charge is 0.307 e. The molecule has 0 fully saturated rings. The van der Waals surface area contributed by atoms with Crippen LogP contribution in [0.2, 0.25) is 0 Å². The number of carboxylic acid groups (broad SMARTS) is 2. The van der Waals surface area contributed by atoms with Gasteiger partial charge in [-0.25, -0.2) is 0 Å². The number of hydrogen-bond donors (Lipinski definition) is 4. The van der Waals surface area contributed by atoms with Crippen molar-refractivity contribution in [3.05, 3.63) is 48.5 Å². The highest BCUT2D eigenvalue weighted by molar-refractivity contribution is 8.15. The summed E-state index contributed by atoms with van der Waals surface area (Å²) in [5.74, 6) is -1.30. The molecule has 0 unspecified atom stereocenters. The zero-order valence-electron chi connectivity index (χ0n) is 13.6. The van der Waals surface area contributed by atoms with E-state index in [9.17, 15) is 19.8 Å². The average Bonchev–Trinajstić information content (AvgIpc) is 2.58. The third kappa shape index (κ3) is 7.54. The molecule has 0 saturated heterocycles. The number of carboxylic acids is 2. The minimum absolute atomic E-state index is 0.0507. The molecule has 0 radical (unpaired) electrons. The van der Waals surface area contributed by atoms with Crippen LogP contribution < -0.4 is 0 Å². The molecule has 0 amide bonds. The van der Waals surface area contributed by atoms with Crippen molar-refractivity contribution in [2.24, 2.45) is 0 Å². The third-order valence-electron chi connectivity index (χ3n) is 2.91. The van der Waals surface area contributed by atoms with E-state index >= 15 is 0 Å². The lowest BCUT2D eigenvalue weighted by atomic mass is 10.3. The van der Waals surface area contributed by atoms with Crippen molar-refractivity contribution >= 4 is 27.8 Å². The molecular weight excluding hydrogens is 344 g/mol. The topological polar surface area (TPSA) is 115 Å². The Labute approximate surface area is 147 Å². The van der Waals surface area contributed by atoms with Gasteiger partial charge in [0, 0.05) is 16.2 Å². The summed E-state index contributed by atoms with van der Waals surface area (Å²) >= 11 is 0. The fourth-order valence-corrected chi connectivity index (χ4v) is 3.49. The maximum atomic E-state index is 10.8. The van der Waals surface area contributed by atoms with Gasteiger partial charge < -0.3 is 20.4 Å². The minimum atomic E-state index is -0.889. The van der Waals surface area contributed by atoms with E-state index in [0.29, 0.717) is 0 Å². The second-order valence-electron chi connectivity index (χ2n) is 4.84. The van der Waals surface area contributed by atoms with Crippen LogP contribution >= 0.6 is 10.5 Å². The molecule has 25 heavy (non-hydrogen) atoms. The van der Waals surface area contributed by atoms with E-state index in [0.717, 1.165) is 9.79 Å². The first-order chi connectivity index (χ1) is 11.8. The Balaban J connectivity index is 0.000000550. The zero-order chi connectivity index (χ0) is 18.8. The SMILES string of the molecule is CCC(=O)O.O=C(O)CC=S(c1ccc(O)cc1)c1ccc(O)cc1. The summed E-state index contributed by atoms with van der Waals surface area (Å²) in [4.78, 5) is 22.0. The summed E-state index contributed by atoms with van der Waals surface area (Å²) in [7, 11) is -0.516. The molecule has 0 saturated carbocycles. The highest BCUT2D eigenvalue weighted by atomic mass is 32.2. The average molecular weight is 364 g/mol. The Morgan fingerprint density at radius 3 is 1.48 bits per heavy atom. The number of carbonyl (C=O) groups is 2. The molecule has 7 heteroatoms. The normalized spacial score (nSPS) is 9.84. The molecule has 0 aromatic heterocycles. The zero-order valence-corrected chi connectivity index (χ0v) is 14.4. The second kappa shape index (κ2) is 10.1. The molecule has 0 heterocycles. The molecule has 6 nitrogen and oxygen atoms in total. The summed E-state index contributed by atoms with van der Waals surface area (Å²) in [6, 6.07) is 13.4. The molecule has 0 spiro atoms. The summed E-state index contributed by atoms with van der Waals surface area (Å²) in [5, 5.41) is 36.9. The van der Waals surface area contributed by atoms with Gasteiger partial charge in [0.1, 0.15) is 11.5 Å². The van der Waals surface area contributed by atoms with Gasteiger partial charge in [0.25, 0.3) is 0 Å². The summed E-state index contributed by atoms with van der Waals surface area (Å²) in [5.41, 5.74) is 0. The van der Waals surface area contributed by atoms with Crippen molar-refractivity contribution in [1.29, 1.82) is 0 Å². The van der Waals surface area contributed by atoms with Crippen LogP contribution in [-0.2, 0) is 9.59 Å². The maximum Gasteiger partial charge on any atom is 0.307 e. The van der Waals surface area contributed by atoms with Gasteiger partial charge in [-0.1, -0.05) is 6.92 Å². The molecule has 0 aliphatic heterocycles. The first-order valence-electron chi connectivity index (χ1n) is 7.41. The first kappa shape index (κ1) is 20.2. The van der Waals surface area contributed by atoms with Gasteiger partial charge in [0.05, 0.1) is 6.42 Å². The fraction of sp³-hybridized carbons (Fsp3) is 0.167. The van der Waals surface area contributed by atoms with Crippen LogP contribution in [0.25, 0.3) is 0 Å². The van der Waals surface area contributed by atoms with E-state index in [2.05, 4.69) is 0 Å². The van der Waals surface area contributed by atoms with Crippen LogP contribution in [-0.4, -0.2) is 37.7 Å². The van der Waals surface area contributed by atoms with E-state index in [1.54, 1.807) is 60.8 Å². The molecule has 0 atom stereocenters. The van der Waals surface area contributed by atoms with Crippen LogP contribution in [0.4, 0.5) is 0 Å². The van der Waals surface area contributed by atoms with Crippen molar-refractivity contribution < 1.29 is 30.0 Å². The lowest BCUT2D eigenvalue weighted by molar-refractivity contribution is -0.137. The number of benzene rings is 2. The Morgan fingerprint density at radius 1 is 0.840 bits per heavy atom. The van der Waals surface area contributed by atoms with Gasteiger partial charge in [-0.3, -0.25) is 9.59 Å². The maximum absolute atomic E-state index is 10.8. The van der Waals surface area contributed by atoms with E-state index in [4.69, 9.17) is 10.2 Å². The van der Waals surface area contributed by atoms with Crippen molar-refractivity contribution in [3.63, 3.8) is 0 Å². The van der Waals surface area contributed by atoms with Gasteiger partial charge in [-0.05, 0) is 53.9 Å². The first-order valence-corrected chi connectivity index (χ1v) is 8.70. The van der Waals surface area contributed by atoms with Gasteiger partial charge in [-0.2, -0.15) is 0 Å². The lowest BCUT2D eigenvalue weighted by Gasteiger charge is -2.10. The van der Waals surface area contributed by atoms with Crippen LogP contribution in [0.5, 0.6) is 11.5 Å². The summed E-state index contributed by atoms with van der Waals surface area (Å²) in [6.45, 7) is 1.60. The van der Waals surface area contributed by atoms with Gasteiger partial charge in [0.2, 0.25) is 0 Å². The van der Waals surface area contributed by atoms with Crippen LogP contribution in [0, 0.1) is 0 Å². The highest BCUT2D eigenvalue weighted by Gasteiger charge is 2.05. The monoisotopic (exact) mass is 364 g/mol. The molecule has 4 N–H and O–H groups in total. The van der Waals surface area contributed by atoms with Gasteiger partial charge >= 0.3 is 11.9 Å². The number of hydrogen-bond acceptors (Lipinski definition) is 4.